The molecule has 2 aromatic carbocycles. The van der Waals surface area contributed by atoms with Crippen LogP contribution in [0.4, 0.5) is 0 Å². The van der Waals surface area contributed by atoms with Crippen LogP contribution < -0.4 is 5.32 Å². The van der Waals surface area contributed by atoms with Crippen molar-refractivity contribution in [2.45, 2.75) is 19.6 Å². The molecule has 7 heteroatoms. The van der Waals surface area contributed by atoms with E-state index in [4.69, 9.17) is 16.3 Å². The predicted molar refractivity (Wildman–Crippen MR) is 102 cm³/mol. The molecule has 1 amide bonds. The summed E-state index contributed by atoms with van der Waals surface area (Å²) >= 11 is 5.99. The number of halogens is 1. The topological polar surface area (TPSA) is 73.2 Å². The third kappa shape index (κ3) is 4.74. The number of hydrogen-bond acceptors (Lipinski definition) is 4. The zero-order valence-electron chi connectivity index (χ0n) is 14.6. The Morgan fingerprint density at radius 1 is 1.15 bits per heavy atom. The summed E-state index contributed by atoms with van der Waals surface area (Å²) in [4.78, 5) is 24.3. The number of benzene rings is 2. The Kier molecular flexibility index (Phi) is 5.88. The average molecular weight is 384 g/mol. The number of aromatic nitrogens is 2. The first kappa shape index (κ1) is 18.7. The summed E-state index contributed by atoms with van der Waals surface area (Å²) in [5.41, 5.74) is 2.06. The van der Waals surface area contributed by atoms with Crippen LogP contribution in [0.25, 0.3) is 5.69 Å². The second-order valence-electron chi connectivity index (χ2n) is 5.90. The van der Waals surface area contributed by atoms with Gasteiger partial charge in [-0.3, -0.25) is 4.79 Å². The zero-order chi connectivity index (χ0) is 19.2. The maximum atomic E-state index is 12.2. The summed E-state index contributed by atoms with van der Waals surface area (Å²) < 4.78 is 7.02. The van der Waals surface area contributed by atoms with Gasteiger partial charge in [-0.25, -0.2) is 9.48 Å². The fraction of sp³-hybridized carbons (Fsp3) is 0.150. The Morgan fingerprint density at radius 3 is 2.56 bits per heavy atom. The molecule has 0 bridgehead atoms. The number of nitrogens with zero attached hydrogens (tertiary/aromatic N) is 2. The van der Waals surface area contributed by atoms with Gasteiger partial charge in [-0.05, 0) is 42.8 Å². The second kappa shape index (κ2) is 8.51. The highest BCUT2D eigenvalue weighted by molar-refractivity contribution is 6.33. The maximum absolute atomic E-state index is 12.2. The summed E-state index contributed by atoms with van der Waals surface area (Å²) in [5.74, 6) is -0.944. The molecule has 0 aliphatic heterocycles. The molecule has 1 atom stereocenters. The molecule has 0 spiro atoms. The van der Waals surface area contributed by atoms with E-state index in [1.54, 1.807) is 42.1 Å². The number of carbonyl (C=O) groups is 2. The first-order valence-corrected chi connectivity index (χ1v) is 8.73. The lowest BCUT2D eigenvalue weighted by Gasteiger charge is -2.14. The van der Waals surface area contributed by atoms with E-state index in [2.05, 4.69) is 10.4 Å². The predicted octanol–water partition coefficient (Wildman–Crippen LogP) is 3.39. The van der Waals surface area contributed by atoms with Crippen LogP contribution in [0.5, 0.6) is 0 Å². The third-order valence-electron chi connectivity index (χ3n) is 3.91. The lowest BCUT2D eigenvalue weighted by atomic mass is 10.2. The molecular formula is C20H18ClN3O3. The van der Waals surface area contributed by atoms with E-state index >= 15 is 0 Å². The first-order valence-electron chi connectivity index (χ1n) is 8.35. The van der Waals surface area contributed by atoms with Gasteiger partial charge in [0.25, 0.3) is 5.91 Å². The van der Waals surface area contributed by atoms with Crippen molar-refractivity contribution >= 4 is 23.5 Å². The standard InChI is InChI=1S/C20H18ClN3O3/c1-14(23-19(25)17-5-2-3-6-18(17)21)20(26)27-13-15-7-9-16(10-8-15)24-12-4-11-22-24/h2-12,14H,13H2,1H3,(H,23,25)/t14-/m0/s1. The van der Waals surface area contributed by atoms with E-state index in [0.717, 1.165) is 11.3 Å². The number of rotatable bonds is 6. The number of esters is 1. The largest absolute Gasteiger partial charge is 0.459 e. The van der Waals surface area contributed by atoms with E-state index in [1.165, 1.54) is 0 Å². The maximum Gasteiger partial charge on any atom is 0.328 e. The lowest BCUT2D eigenvalue weighted by Crippen LogP contribution is -2.39. The fourth-order valence-corrected chi connectivity index (χ4v) is 2.65. The van der Waals surface area contributed by atoms with Crippen LogP contribution in [0.3, 0.4) is 0 Å². The molecule has 27 heavy (non-hydrogen) atoms. The summed E-state index contributed by atoms with van der Waals surface area (Å²) in [6.07, 6.45) is 3.55. The molecule has 6 nitrogen and oxygen atoms in total. The monoisotopic (exact) mass is 383 g/mol. The van der Waals surface area contributed by atoms with E-state index in [0.29, 0.717) is 10.6 Å². The summed E-state index contributed by atoms with van der Waals surface area (Å²) in [6.45, 7) is 1.68. The van der Waals surface area contributed by atoms with Gasteiger partial charge in [-0.15, -0.1) is 0 Å². The van der Waals surface area contributed by atoms with Gasteiger partial charge in [-0.1, -0.05) is 35.9 Å². The minimum atomic E-state index is -0.794. The number of nitrogens with one attached hydrogen (secondary N) is 1. The van der Waals surface area contributed by atoms with Crippen molar-refractivity contribution in [2.24, 2.45) is 0 Å². The molecule has 3 aromatic rings. The van der Waals surface area contributed by atoms with Crippen molar-refractivity contribution in [3.8, 4) is 5.69 Å². The summed E-state index contributed by atoms with van der Waals surface area (Å²) in [6, 6.07) is 15.2. The van der Waals surface area contributed by atoms with Crippen LogP contribution in [-0.4, -0.2) is 27.7 Å². The normalized spacial score (nSPS) is 11.6. The zero-order valence-corrected chi connectivity index (χ0v) is 15.4. The first-order chi connectivity index (χ1) is 13.0. The average Bonchev–Trinajstić information content (AvgIpc) is 3.21. The Hall–Kier alpha value is -3.12. The molecular weight excluding hydrogens is 366 g/mol. The molecule has 0 saturated carbocycles. The Morgan fingerprint density at radius 2 is 1.89 bits per heavy atom. The number of ether oxygens (including phenoxy) is 1. The Labute approximate surface area is 161 Å². The molecule has 1 heterocycles. The van der Waals surface area contributed by atoms with Crippen molar-refractivity contribution in [2.75, 3.05) is 0 Å². The molecule has 0 radical (unpaired) electrons. The van der Waals surface area contributed by atoms with Gasteiger partial charge in [0.05, 0.1) is 16.3 Å². The Bertz CT molecular complexity index is 924. The van der Waals surface area contributed by atoms with Crippen LogP contribution in [-0.2, 0) is 16.1 Å². The van der Waals surface area contributed by atoms with Crippen LogP contribution in [0, 0.1) is 0 Å². The molecule has 0 aliphatic rings. The van der Waals surface area contributed by atoms with E-state index < -0.39 is 17.9 Å². The van der Waals surface area contributed by atoms with Gasteiger partial charge >= 0.3 is 5.97 Å². The molecule has 0 unspecified atom stereocenters. The fourth-order valence-electron chi connectivity index (χ4n) is 2.42. The molecule has 1 N–H and O–H groups in total. The molecule has 1 aromatic heterocycles. The molecule has 3 rings (SSSR count). The number of hydrogen-bond donors (Lipinski definition) is 1. The summed E-state index contributed by atoms with van der Waals surface area (Å²) in [7, 11) is 0. The molecule has 0 aliphatic carbocycles. The molecule has 0 saturated heterocycles. The SMILES string of the molecule is C[C@H](NC(=O)c1ccccc1Cl)C(=O)OCc1ccc(-n2cccn2)cc1. The van der Waals surface area contributed by atoms with E-state index in [-0.39, 0.29) is 6.61 Å². The minimum Gasteiger partial charge on any atom is -0.459 e. The van der Waals surface area contributed by atoms with Crippen molar-refractivity contribution in [1.82, 2.24) is 15.1 Å². The smallest absolute Gasteiger partial charge is 0.328 e. The highest BCUT2D eigenvalue weighted by Crippen LogP contribution is 2.15. The highest BCUT2D eigenvalue weighted by Gasteiger charge is 2.19. The second-order valence-corrected chi connectivity index (χ2v) is 6.31. The molecule has 138 valence electrons. The van der Waals surface area contributed by atoms with Gasteiger partial charge in [-0.2, -0.15) is 5.10 Å². The van der Waals surface area contributed by atoms with Crippen molar-refractivity contribution in [3.63, 3.8) is 0 Å². The van der Waals surface area contributed by atoms with Gasteiger partial charge in [0.2, 0.25) is 0 Å². The highest BCUT2D eigenvalue weighted by atomic mass is 35.5. The van der Waals surface area contributed by atoms with Gasteiger partial charge < -0.3 is 10.1 Å². The van der Waals surface area contributed by atoms with Crippen molar-refractivity contribution < 1.29 is 14.3 Å². The van der Waals surface area contributed by atoms with Gasteiger partial charge in [0.1, 0.15) is 12.6 Å². The third-order valence-corrected chi connectivity index (χ3v) is 4.24. The minimum absolute atomic E-state index is 0.116. The quantitative estimate of drug-likeness (QED) is 0.662. The summed E-state index contributed by atoms with van der Waals surface area (Å²) in [5, 5.41) is 7.07. The van der Waals surface area contributed by atoms with Crippen LogP contribution in [0.2, 0.25) is 5.02 Å². The van der Waals surface area contributed by atoms with Crippen LogP contribution in [0.1, 0.15) is 22.8 Å². The van der Waals surface area contributed by atoms with Crippen molar-refractivity contribution in [3.05, 3.63) is 83.1 Å². The van der Waals surface area contributed by atoms with Gasteiger partial charge in [0.15, 0.2) is 0 Å². The van der Waals surface area contributed by atoms with Gasteiger partial charge in [0, 0.05) is 12.4 Å². The van der Waals surface area contributed by atoms with E-state index in [9.17, 15) is 9.59 Å². The van der Waals surface area contributed by atoms with Crippen LogP contribution in [0.15, 0.2) is 67.0 Å². The number of amides is 1. The van der Waals surface area contributed by atoms with Crippen molar-refractivity contribution in [1.29, 1.82) is 0 Å². The lowest BCUT2D eigenvalue weighted by molar-refractivity contribution is -0.146. The van der Waals surface area contributed by atoms with E-state index in [1.807, 2.05) is 36.5 Å². The Balaban J connectivity index is 1.52. The molecule has 0 fully saturated rings. The number of carbonyl (C=O) groups excluding carboxylic acids is 2. The van der Waals surface area contributed by atoms with Crippen LogP contribution >= 0.6 is 11.6 Å².